The van der Waals surface area contributed by atoms with Gasteiger partial charge in [-0.3, -0.25) is 4.48 Å². The average molecular weight is 341 g/mol. The molecule has 0 heterocycles. The van der Waals surface area contributed by atoms with Crippen LogP contribution >= 0.6 is 0 Å². The van der Waals surface area contributed by atoms with Crippen LogP contribution in [0.25, 0.3) is 0 Å². The second-order valence-electron chi connectivity index (χ2n) is 8.15. The van der Waals surface area contributed by atoms with E-state index in [-0.39, 0.29) is 0 Å². The van der Waals surface area contributed by atoms with Crippen molar-refractivity contribution < 1.29 is 9.28 Å². The number of amides is 1. The van der Waals surface area contributed by atoms with Gasteiger partial charge >= 0.3 is 5.91 Å². The Morgan fingerprint density at radius 3 is 1.42 bits per heavy atom. The van der Waals surface area contributed by atoms with Crippen molar-refractivity contribution in [2.24, 2.45) is 0 Å². The fourth-order valence-corrected chi connectivity index (χ4v) is 3.30. The van der Waals surface area contributed by atoms with Crippen molar-refractivity contribution in [3.63, 3.8) is 0 Å². The van der Waals surface area contributed by atoms with E-state index in [1.807, 2.05) is 0 Å². The zero-order valence-corrected chi connectivity index (χ0v) is 17.4. The highest BCUT2D eigenvalue weighted by Gasteiger charge is 2.24. The van der Waals surface area contributed by atoms with Gasteiger partial charge in [0, 0.05) is 0 Å². The lowest BCUT2D eigenvalue weighted by Gasteiger charge is -2.27. The summed E-state index contributed by atoms with van der Waals surface area (Å²) in [5, 5.41) is 0. The summed E-state index contributed by atoms with van der Waals surface area (Å²) in [4.78, 5) is 12.4. The Morgan fingerprint density at radius 2 is 0.958 bits per heavy atom. The molecule has 1 amide bonds. The molecule has 0 radical (unpaired) electrons. The maximum atomic E-state index is 12.4. The summed E-state index contributed by atoms with van der Waals surface area (Å²) in [5.41, 5.74) is 0. The van der Waals surface area contributed by atoms with Crippen LogP contribution in [0.4, 0.5) is 0 Å². The quantitative estimate of drug-likeness (QED) is 0.208. The molecule has 0 aliphatic carbocycles. The first-order chi connectivity index (χ1) is 11.5. The molecular formula is C22H46NO+. The van der Waals surface area contributed by atoms with Gasteiger partial charge in [0.15, 0.2) is 0 Å². The third-order valence-electron chi connectivity index (χ3n) is 5.24. The number of hydrogen-bond acceptors (Lipinski definition) is 1. The number of hydrogen-bond donors (Lipinski definition) is 0. The van der Waals surface area contributed by atoms with Gasteiger partial charge in [0.05, 0.1) is 27.1 Å². The van der Waals surface area contributed by atoms with E-state index in [1.54, 1.807) is 0 Å². The Balaban J connectivity index is 3.57. The second kappa shape index (κ2) is 16.1. The van der Waals surface area contributed by atoms with E-state index in [0.717, 1.165) is 19.4 Å². The first-order valence-electron chi connectivity index (χ1n) is 10.9. The van der Waals surface area contributed by atoms with E-state index >= 15 is 0 Å². The van der Waals surface area contributed by atoms with Gasteiger partial charge in [-0.05, 0) is 19.3 Å². The minimum Gasteiger partial charge on any atom is -0.265 e. The standard InChI is InChI=1S/C22H46NO/c1-5-7-9-11-13-15-17-19-21-23(3,4)22(24)20-18-16-14-12-10-8-6-2/h5-21H2,1-4H3/q+1. The highest BCUT2D eigenvalue weighted by atomic mass is 16.2. The van der Waals surface area contributed by atoms with Crippen molar-refractivity contribution in [1.29, 1.82) is 0 Å². The summed E-state index contributed by atoms with van der Waals surface area (Å²) >= 11 is 0. The SMILES string of the molecule is CCCCCCCCCC[N+](C)(C)C(=O)CCCCCCCCC. The van der Waals surface area contributed by atoms with Crippen molar-refractivity contribution in [1.82, 2.24) is 0 Å². The van der Waals surface area contributed by atoms with E-state index in [1.165, 1.54) is 89.9 Å². The van der Waals surface area contributed by atoms with Gasteiger partial charge in [0.1, 0.15) is 0 Å². The number of unbranched alkanes of at least 4 members (excludes halogenated alkanes) is 13. The molecule has 0 aromatic carbocycles. The summed E-state index contributed by atoms with van der Waals surface area (Å²) in [7, 11) is 4.20. The summed E-state index contributed by atoms with van der Waals surface area (Å²) < 4.78 is 0.589. The minimum absolute atomic E-state index is 0.437. The second-order valence-corrected chi connectivity index (χ2v) is 8.15. The molecule has 2 nitrogen and oxygen atoms in total. The Kier molecular flexibility index (Phi) is 15.9. The minimum atomic E-state index is 0.437. The number of rotatable bonds is 17. The number of carbonyl (C=O) groups excluding carboxylic acids is 1. The summed E-state index contributed by atoms with van der Waals surface area (Å²) in [5.74, 6) is 0.437. The van der Waals surface area contributed by atoms with Gasteiger partial charge in [0.2, 0.25) is 0 Å². The first-order valence-corrected chi connectivity index (χ1v) is 10.9. The van der Waals surface area contributed by atoms with Crippen LogP contribution in [0.2, 0.25) is 0 Å². The zero-order valence-electron chi connectivity index (χ0n) is 17.4. The van der Waals surface area contributed by atoms with Gasteiger partial charge in [0.25, 0.3) is 0 Å². The molecule has 0 aromatic heterocycles. The van der Waals surface area contributed by atoms with Crippen LogP contribution in [0.1, 0.15) is 117 Å². The smallest absolute Gasteiger partial charge is 0.265 e. The van der Waals surface area contributed by atoms with Crippen LogP contribution in [0.3, 0.4) is 0 Å². The van der Waals surface area contributed by atoms with Gasteiger partial charge in [-0.25, -0.2) is 4.79 Å². The van der Waals surface area contributed by atoms with Gasteiger partial charge in [-0.1, -0.05) is 90.9 Å². The highest BCUT2D eigenvalue weighted by Crippen LogP contribution is 2.14. The van der Waals surface area contributed by atoms with Gasteiger partial charge in [-0.15, -0.1) is 0 Å². The predicted octanol–water partition coefficient (Wildman–Crippen LogP) is 6.87. The maximum Gasteiger partial charge on any atom is 0.313 e. The van der Waals surface area contributed by atoms with Crippen molar-refractivity contribution in [3.05, 3.63) is 0 Å². The van der Waals surface area contributed by atoms with Crippen LogP contribution in [-0.2, 0) is 4.79 Å². The molecule has 0 unspecified atom stereocenters. The van der Waals surface area contributed by atoms with E-state index < -0.39 is 0 Å². The third kappa shape index (κ3) is 14.0. The van der Waals surface area contributed by atoms with E-state index in [2.05, 4.69) is 27.9 Å². The summed E-state index contributed by atoms with van der Waals surface area (Å²) in [6, 6.07) is 0. The molecule has 0 bridgehead atoms. The number of carbonyl (C=O) groups is 1. The summed E-state index contributed by atoms with van der Waals surface area (Å²) in [6.45, 7) is 5.54. The van der Waals surface area contributed by atoms with E-state index in [4.69, 9.17) is 0 Å². The largest absolute Gasteiger partial charge is 0.313 e. The normalized spacial score (nSPS) is 11.8. The third-order valence-corrected chi connectivity index (χ3v) is 5.24. The Bertz CT molecular complexity index is 286. The fourth-order valence-electron chi connectivity index (χ4n) is 3.30. The molecule has 2 heteroatoms. The van der Waals surface area contributed by atoms with Crippen LogP contribution < -0.4 is 0 Å². The van der Waals surface area contributed by atoms with Crippen LogP contribution in [0, 0.1) is 0 Å². The monoisotopic (exact) mass is 340 g/mol. The van der Waals surface area contributed by atoms with Crippen molar-refractivity contribution >= 4 is 5.91 Å². The highest BCUT2D eigenvalue weighted by molar-refractivity contribution is 5.68. The van der Waals surface area contributed by atoms with Crippen LogP contribution in [0.15, 0.2) is 0 Å². The van der Waals surface area contributed by atoms with Crippen LogP contribution in [-0.4, -0.2) is 31.0 Å². The van der Waals surface area contributed by atoms with Crippen molar-refractivity contribution in [2.75, 3.05) is 20.6 Å². The van der Waals surface area contributed by atoms with Crippen LogP contribution in [0.5, 0.6) is 0 Å². The van der Waals surface area contributed by atoms with Gasteiger partial charge < -0.3 is 0 Å². The lowest BCUT2D eigenvalue weighted by molar-refractivity contribution is -0.814. The molecule has 0 aliphatic heterocycles. The van der Waals surface area contributed by atoms with Crippen molar-refractivity contribution in [3.8, 4) is 0 Å². The molecule has 0 N–H and O–H groups in total. The fraction of sp³-hybridized carbons (Fsp3) is 0.955. The molecular weight excluding hydrogens is 294 g/mol. The van der Waals surface area contributed by atoms with Crippen molar-refractivity contribution in [2.45, 2.75) is 117 Å². The molecule has 0 spiro atoms. The Hall–Kier alpha value is -0.370. The predicted molar refractivity (Wildman–Crippen MR) is 107 cm³/mol. The molecule has 0 fully saturated rings. The molecule has 0 aliphatic rings. The van der Waals surface area contributed by atoms with Gasteiger partial charge in [-0.2, -0.15) is 0 Å². The molecule has 0 rings (SSSR count). The zero-order chi connectivity index (χ0) is 18.1. The lowest BCUT2D eigenvalue weighted by Crippen LogP contribution is -2.46. The number of quaternary nitrogens is 1. The average Bonchev–Trinajstić information content (AvgIpc) is 2.56. The Morgan fingerprint density at radius 1 is 0.583 bits per heavy atom. The molecule has 0 saturated heterocycles. The maximum absolute atomic E-state index is 12.4. The first kappa shape index (κ1) is 23.6. The molecule has 0 saturated carbocycles. The Labute approximate surface area is 153 Å². The number of nitrogens with zero attached hydrogens (tertiary/aromatic N) is 1. The summed E-state index contributed by atoms with van der Waals surface area (Å²) in [6.07, 6.45) is 20.5. The topological polar surface area (TPSA) is 17.1 Å². The molecule has 144 valence electrons. The van der Waals surface area contributed by atoms with E-state index in [0.29, 0.717) is 10.4 Å². The lowest BCUT2D eigenvalue weighted by atomic mass is 10.1. The molecule has 0 atom stereocenters. The molecule has 24 heavy (non-hydrogen) atoms. The molecule has 0 aromatic rings. The van der Waals surface area contributed by atoms with E-state index in [9.17, 15) is 4.79 Å².